The number of methoxy groups -OCH3 is 1. The number of nitrogens with zero attached hydrogens (tertiary/aromatic N) is 5. The number of benzene rings is 1. The number of ketones is 2. The first-order chi connectivity index (χ1) is 28.2. The number of cyclic esters (lactones) is 1. The van der Waals surface area contributed by atoms with E-state index in [9.17, 15) is 24.3 Å². The van der Waals surface area contributed by atoms with E-state index in [0.717, 1.165) is 12.5 Å². The zero-order chi connectivity index (χ0) is 44.7. The molecule has 16 nitrogen and oxygen atoms in total. The van der Waals surface area contributed by atoms with Crippen molar-refractivity contribution < 1.29 is 52.4 Å². The summed E-state index contributed by atoms with van der Waals surface area (Å²) >= 11 is 0. The number of alkyl halides is 1. The lowest BCUT2D eigenvalue weighted by Gasteiger charge is -2.44. The fraction of sp³-hybridized carbons (Fsp3) is 0.721. The van der Waals surface area contributed by atoms with Crippen LogP contribution in [0.25, 0.3) is 11.3 Å². The van der Waals surface area contributed by atoms with Gasteiger partial charge < -0.3 is 44.3 Å². The van der Waals surface area contributed by atoms with Gasteiger partial charge in [0.15, 0.2) is 17.7 Å². The number of aliphatic hydroxyl groups excluding tert-OH is 1. The van der Waals surface area contributed by atoms with Gasteiger partial charge in [-0.3, -0.25) is 14.3 Å². The van der Waals surface area contributed by atoms with Gasteiger partial charge in [0.1, 0.15) is 23.7 Å². The first-order valence-corrected chi connectivity index (χ1v) is 21.1. The molecule has 2 fully saturated rings. The largest absolute Gasteiger partial charge is 0.455 e. The highest BCUT2D eigenvalue weighted by Crippen LogP contribution is 2.42. The van der Waals surface area contributed by atoms with Crippen molar-refractivity contribution in [2.45, 2.75) is 154 Å². The second-order valence-corrected chi connectivity index (χ2v) is 17.0. The Balaban J connectivity index is 1.66. The number of rotatable bonds is 16. The van der Waals surface area contributed by atoms with E-state index >= 15 is 4.39 Å². The summed E-state index contributed by atoms with van der Waals surface area (Å²) in [6, 6.07) is 5.99. The minimum atomic E-state index is -3.19. The normalized spacial score (nSPS) is 31.0. The van der Waals surface area contributed by atoms with Gasteiger partial charge in [-0.25, -0.2) is 14.0 Å². The molecule has 1 amide bonds. The Morgan fingerprint density at radius 2 is 1.77 bits per heavy atom. The maximum atomic E-state index is 16.9. The van der Waals surface area contributed by atoms with Crippen LogP contribution < -0.4 is 5.73 Å². The summed E-state index contributed by atoms with van der Waals surface area (Å²) in [5.74, 6) is -4.99. The summed E-state index contributed by atoms with van der Waals surface area (Å²) in [6.45, 7) is 13.3. The number of nitrogen functional groups attached to an aromatic ring is 1. The number of likely N-dealkylation sites (N-methyl/N-ethyl adjacent to an activating group) is 1. The fourth-order valence-corrected chi connectivity index (χ4v) is 8.74. The average molecular weight is 847 g/mol. The average Bonchev–Trinajstić information content (AvgIpc) is 3.77. The topological polar surface area (TPSA) is 198 Å². The number of halogens is 1. The highest BCUT2D eigenvalue weighted by molar-refractivity contribution is 6.08. The van der Waals surface area contributed by atoms with E-state index < -0.39 is 83.2 Å². The van der Waals surface area contributed by atoms with Crippen LogP contribution in [0.15, 0.2) is 30.5 Å². The Kier molecular flexibility index (Phi) is 16.4. The van der Waals surface area contributed by atoms with E-state index in [1.807, 2.05) is 36.2 Å². The Hall–Kier alpha value is -4.03. The van der Waals surface area contributed by atoms with E-state index in [0.29, 0.717) is 37.2 Å². The second-order valence-electron chi connectivity index (χ2n) is 17.0. The van der Waals surface area contributed by atoms with Crippen LogP contribution in [0.3, 0.4) is 0 Å². The number of hydrogen-bond acceptors (Lipinski definition) is 14. The van der Waals surface area contributed by atoms with Gasteiger partial charge in [-0.2, -0.15) is 0 Å². The molecule has 3 heterocycles. The molecule has 336 valence electrons. The number of aryl methyl sites for hydroxylation is 1. The Bertz CT molecular complexity index is 1790. The van der Waals surface area contributed by atoms with Crippen LogP contribution >= 0.6 is 0 Å². The van der Waals surface area contributed by atoms with Crippen molar-refractivity contribution in [2.24, 2.45) is 11.8 Å². The van der Waals surface area contributed by atoms with Crippen molar-refractivity contribution in [2.75, 3.05) is 40.1 Å². The highest BCUT2D eigenvalue weighted by Gasteiger charge is 2.59. The zero-order valence-electron chi connectivity index (χ0n) is 37.2. The number of aliphatic hydroxyl groups is 1. The van der Waals surface area contributed by atoms with Gasteiger partial charge in [0.05, 0.1) is 23.9 Å². The lowest BCUT2D eigenvalue weighted by Crippen LogP contribution is -2.59. The highest BCUT2D eigenvalue weighted by atomic mass is 19.1. The molecule has 17 heteroatoms. The van der Waals surface area contributed by atoms with Crippen LogP contribution in [0.5, 0.6) is 0 Å². The van der Waals surface area contributed by atoms with Gasteiger partial charge in [-0.05, 0) is 86.0 Å². The lowest BCUT2D eigenvalue weighted by molar-refractivity contribution is -0.266. The van der Waals surface area contributed by atoms with Crippen molar-refractivity contribution in [3.63, 3.8) is 0 Å². The summed E-state index contributed by atoms with van der Waals surface area (Å²) in [4.78, 5) is 59.6. The Morgan fingerprint density at radius 1 is 1.08 bits per heavy atom. The third-order valence-corrected chi connectivity index (χ3v) is 12.4. The molecule has 1 aromatic carbocycles. The molecule has 60 heavy (non-hydrogen) atoms. The molecule has 2 saturated heterocycles. The second kappa shape index (κ2) is 20.2. The number of esters is 1. The van der Waals surface area contributed by atoms with E-state index in [1.54, 1.807) is 59.5 Å². The number of unbranched alkanes of at least 4 members (excludes halogenated alkanes) is 1. The van der Waals surface area contributed by atoms with Gasteiger partial charge in [-0.1, -0.05) is 45.0 Å². The zero-order valence-corrected chi connectivity index (χ0v) is 37.2. The summed E-state index contributed by atoms with van der Waals surface area (Å²) in [5.41, 5.74) is 1.81. The third-order valence-electron chi connectivity index (χ3n) is 12.4. The minimum Gasteiger partial charge on any atom is -0.455 e. The third kappa shape index (κ3) is 10.5. The van der Waals surface area contributed by atoms with E-state index in [4.69, 9.17) is 29.4 Å². The fourth-order valence-electron chi connectivity index (χ4n) is 8.74. The number of Topliss-reactive ketones (excluding diaryl/α,β-unsaturated/α-hetero) is 2. The van der Waals surface area contributed by atoms with Crippen LogP contribution in [-0.2, 0) is 44.6 Å². The van der Waals surface area contributed by atoms with Crippen molar-refractivity contribution in [1.29, 1.82) is 0 Å². The molecule has 0 aliphatic carbocycles. The smallest absolute Gasteiger partial charge is 0.410 e. The molecule has 11 atom stereocenters. The van der Waals surface area contributed by atoms with Gasteiger partial charge >= 0.3 is 12.1 Å². The first-order valence-electron chi connectivity index (χ1n) is 21.1. The number of ether oxygens (including phenoxy) is 5. The standard InChI is InChI=1S/C43H67FN6O10/c1-12-31(48(9)10)35(52)38(57-14-3)59-37-27(5)36(53)42(7,44)39(54)58-34(13-2)43(8)33(23-32(51)26(4)24-41(37,6)56-11)50(40(55)60-43)21-16-15-20-49-25-30(46-47-49)28-18-17-19-29(45)22-28/h17-19,22,25-27,31,33-35,37-38,52H,12-16,20-21,23-24,45H2,1-11H3/t26-,27+,31?,33-,34-,35?,37-,38+,41-,42+,43+/m1/s1. The summed E-state index contributed by atoms with van der Waals surface area (Å²) in [7, 11) is 5.00. The molecule has 4 rings (SSSR count). The number of carbonyl (C=O) groups excluding carboxylic acids is 4. The van der Waals surface area contributed by atoms with Crippen molar-refractivity contribution >= 4 is 29.3 Å². The number of aromatic nitrogens is 3. The molecule has 0 spiro atoms. The molecular weight excluding hydrogens is 780 g/mol. The van der Waals surface area contributed by atoms with E-state index in [1.165, 1.54) is 18.9 Å². The quantitative estimate of drug-likeness (QED) is 0.0753. The molecule has 0 radical (unpaired) electrons. The molecular formula is C43H67FN6O10. The molecule has 0 bridgehead atoms. The molecule has 1 aromatic heterocycles. The Labute approximate surface area is 353 Å². The predicted octanol–water partition coefficient (Wildman–Crippen LogP) is 5.00. The Morgan fingerprint density at radius 3 is 2.37 bits per heavy atom. The number of carbonyl (C=O) groups is 4. The molecule has 2 aromatic rings. The molecule has 0 saturated carbocycles. The molecule has 3 N–H and O–H groups in total. The maximum Gasteiger partial charge on any atom is 0.410 e. The van der Waals surface area contributed by atoms with Gasteiger partial charge in [0.25, 0.3) is 5.67 Å². The molecule has 2 aliphatic heterocycles. The lowest BCUT2D eigenvalue weighted by atomic mass is 9.75. The molecule has 2 unspecified atom stereocenters. The van der Waals surface area contributed by atoms with E-state index in [2.05, 4.69) is 10.3 Å². The summed E-state index contributed by atoms with van der Waals surface area (Å²) in [5, 5.41) is 20.0. The number of nitrogens with two attached hydrogens (primary N) is 1. The monoisotopic (exact) mass is 846 g/mol. The number of hydrogen-bond donors (Lipinski definition) is 2. The van der Waals surface area contributed by atoms with Gasteiger partial charge in [0.2, 0.25) is 0 Å². The maximum absolute atomic E-state index is 16.9. The van der Waals surface area contributed by atoms with Gasteiger partial charge in [0, 0.05) is 62.4 Å². The van der Waals surface area contributed by atoms with Crippen LogP contribution in [0.4, 0.5) is 14.9 Å². The number of amides is 1. The van der Waals surface area contributed by atoms with Crippen LogP contribution in [0, 0.1) is 11.8 Å². The molecule has 2 aliphatic rings. The SMILES string of the molecule is CCO[C@@H](O[C@@H]1[C@@H](C)C(=O)[C@](C)(F)C(=O)O[C@H](CC)[C@@]2(C)OC(=O)N(CCCCn3cc(-c4cccc(N)c4)nn3)[C@@H]2CC(=O)[C@H](C)C[C@@]1(C)OC)C(O)C(CC)N(C)C. The number of anilines is 1. The number of fused-ring (bicyclic) bond motifs is 1. The predicted molar refractivity (Wildman–Crippen MR) is 221 cm³/mol. The van der Waals surface area contributed by atoms with Crippen molar-refractivity contribution in [3.8, 4) is 11.3 Å². The first kappa shape index (κ1) is 48.6. The summed E-state index contributed by atoms with van der Waals surface area (Å²) < 4.78 is 48.9. The summed E-state index contributed by atoms with van der Waals surface area (Å²) in [6.07, 6.45) is -2.46. The van der Waals surface area contributed by atoms with Crippen molar-refractivity contribution in [1.82, 2.24) is 24.8 Å². The van der Waals surface area contributed by atoms with Crippen LogP contribution in [0.2, 0.25) is 0 Å². The van der Waals surface area contributed by atoms with Crippen molar-refractivity contribution in [3.05, 3.63) is 30.5 Å². The van der Waals surface area contributed by atoms with Gasteiger partial charge in [-0.15, -0.1) is 5.10 Å². The van der Waals surface area contributed by atoms with Crippen LogP contribution in [-0.4, -0.2) is 141 Å². The van der Waals surface area contributed by atoms with E-state index in [-0.39, 0.29) is 38.2 Å². The van der Waals surface area contributed by atoms with Crippen LogP contribution in [0.1, 0.15) is 93.9 Å². The minimum absolute atomic E-state index is 0.0111.